The number of thiazole rings is 1. The van der Waals surface area contributed by atoms with Crippen LogP contribution in [0.1, 0.15) is 23.7 Å². The lowest BCUT2D eigenvalue weighted by Gasteiger charge is -2.23. The number of fused-ring (bicyclic) bond motifs is 1. The van der Waals surface area contributed by atoms with Crippen molar-refractivity contribution in [1.29, 1.82) is 0 Å². The normalized spacial score (nSPS) is 16.6. The standard InChI is InChI=1S/C20H20N2S/c1-14-7-9-16(10-8-14)20-21-18(13-23-20)12-22-15(2)11-17-5-3-4-6-19(17)22/h3-10,13,15H,11-12H2,1-2H3. The molecule has 0 N–H and O–H groups in total. The van der Waals surface area contributed by atoms with Crippen molar-refractivity contribution in [2.24, 2.45) is 0 Å². The monoisotopic (exact) mass is 320 g/mol. The van der Waals surface area contributed by atoms with Crippen LogP contribution in [-0.4, -0.2) is 11.0 Å². The number of hydrogen-bond acceptors (Lipinski definition) is 3. The van der Waals surface area contributed by atoms with Crippen molar-refractivity contribution in [3.8, 4) is 10.6 Å². The molecule has 116 valence electrons. The van der Waals surface area contributed by atoms with E-state index >= 15 is 0 Å². The van der Waals surface area contributed by atoms with Gasteiger partial charge in [-0.3, -0.25) is 0 Å². The molecule has 1 atom stereocenters. The first-order chi connectivity index (χ1) is 11.2. The van der Waals surface area contributed by atoms with Crippen molar-refractivity contribution in [2.75, 3.05) is 4.90 Å². The minimum absolute atomic E-state index is 0.539. The summed E-state index contributed by atoms with van der Waals surface area (Å²) < 4.78 is 0. The Labute approximate surface area is 141 Å². The van der Waals surface area contributed by atoms with Gasteiger partial charge in [0.1, 0.15) is 5.01 Å². The summed E-state index contributed by atoms with van der Waals surface area (Å²) in [5.41, 5.74) is 6.47. The zero-order chi connectivity index (χ0) is 15.8. The van der Waals surface area contributed by atoms with Crippen LogP contribution < -0.4 is 4.90 Å². The summed E-state index contributed by atoms with van der Waals surface area (Å²) in [4.78, 5) is 7.33. The molecular formula is C20H20N2S. The fourth-order valence-electron chi connectivity index (χ4n) is 3.25. The van der Waals surface area contributed by atoms with E-state index in [1.807, 2.05) is 0 Å². The smallest absolute Gasteiger partial charge is 0.123 e. The Morgan fingerprint density at radius 3 is 2.74 bits per heavy atom. The molecule has 1 aliphatic rings. The molecule has 0 saturated carbocycles. The van der Waals surface area contributed by atoms with Crippen molar-refractivity contribution in [2.45, 2.75) is 32.9 Å². The quantitative estimate of drug-likeness (QED) is 0.670. The number of para-hydroxylation sites is 1. The Kier molecular flexibility index (Phi) is 3.66. The second kappa shape index (κ2) is 5.82. The minimum atomic E-state index is 0.539. The number of anilines is 1. The van der Waals surface area contributed by atoms with Crippen molar-refractivity contribution in [1.82, 2.24) is 4.98 Å². The Bertz CT molecular complexity index is 820. The minimum Gasteiger partial charge on any atom is -0.362 e. The van der Waals surface area contributed by atoms with Gasteiger partial charge in [-0.2, -0.15) is 0 Å². The van der Waals surface area contributed by atoms with Crippen LogP contribution in [0.25, 0.3) is 10.6 Å². The number of hydrogen-bond donors (Lipinski definition) is 0. The third-order valence-corrected chi connectivity index (χ3v) is 5.47. The zero-order valence-corrected chi connectivity index (χ0v) is 14.3. The van der Waals surface area contributed by atoms with E-state index in [0.29, 0.717) is 6.04 Å². The summed E-state index contributed by atoms with van der Waals surface area (Å²) in [6, 6.07) is 17.9. The van der Waals surface area contributed by atoms with Crippen LogP contribution in [0.5, 0.6) is 0 Å². The molecular weight excluding hydrogens is 300 g/mol. The number of benzene rings is 2. The molecule has 2 heterocycles. The molecule has 23 heavy (non-hydrogen) atoms. The summed E-state index contributed by atoms with van der Waals surface area (Å²) in [7, 11) is 0. The first kappa shape index (κ1) is 14.5. The maximum atomic E-state index is 4.86. The van der Waals surface area contributed by atoms with Crippen LogP contribution in [0.15, 0.2) is 53.9 Å². The fraction of sp³-hybridized carbons (Fsp3) is 0.250. The lowest BCUT2D eigenvalue weighted by molar-refractivity contribution is 0.667. The summed E-state index contributed by atoms with van der Waals surface area (Å²) in [6.07, 6.45) is 1.13. The van der Waals surface area contributed by atoms with Crippen LogP contribution in [-0.2, 0) is 13.0 Å². The van der Waals surface area contributed by atoms with Gasteiger partial charge in [-0.05, 0) is 31.9 Å². The maximum Gasteiger partial charge on any atom is 0.123 e. The van der Waals surface area contributed by atoms with E-state index in [1.54, 1.807) is 11.3 Å². The van der Waals surface area contributed by atoms with Gasteiger partial charge in [0, 0.05) is 22.7 Å². The van der Waals surface area contributed by atoms with E-state index < -0.39 is 0 Å². The Balaban J connectivity index is 1.57. The van der Waals surface area contributed by atoms with E-state index in [4.69, 9.17) is 4.98 Å². The Morgan fingerprint density at radius 2 is 1.91 bits per heavy atom. The van der Waals surface area contributed by atoms with Gasteiger partial charge in [0.25, 0.3) is 0 Å². The van der Waals surface area contributed by atoms with Crippen LogP contribution in [0.4, 0.5) is 5.69 Å². The topological polar surface area (TPSA) is 16.1 Å². The molecule has 0 radical (unpaired) electrons. The highest BCUT2D eigenvalue weighted by Gasteiger charge is 2.25. The molecule has 2 aromatic carbocycles. The molecule has 0 bridgehead atoms. The Hall–Kier alpha value is -2.13. The third kappa shape index (κ3) is 2.77. The van der Waals surface area contributed by atoms with Gasteiger partial charge in [-0.15, -0.1) is 11.3 Å². The summed E-state index contributed by atoms with van der Waals surface area (Å²) >= 11 is 1.74. The summed E-state index contributed by atoms with van der Waals surface area (Å²) in [6.45, 7) is 5.30. The van der Waals surface area contributed by atoms with Crippen LogP contribution in [0.2, 0.25) is 0 Å². The van der Waals surface area contributed by atoms with E-state index in [2.05, 4.69) is 72.7 Å². The van der Waals surface area contributed by atoms with Gasteiger partial charge in [0.05, 0.1) is 12.2 Å². The predicted molar refractivity (Wildman–Crippen MR) is 98.1 cm³/mol. The second-order valence-electron chi connectivity index (χ2n) is 6.32. The number of aromatic nitrogens is 1. The molecule has 3 heteroatoms. The molecule has 0 saturated heterocycles. The van der Waals surface area contributed by atoms with E-state index in [9.17, 15) is 0 Å². The average Bonchev–Trinajstić information content (AvgIpc) is 3.14. The highest BCUT2D eigenvalue weighted by Crippen LogP contribution is 2.33. The summed E-state index contributed by atoms with van der Waals surface area (Å²) in [5.74, 6) is 0. The van der Waals surface area contributed by atoms with Crippen LogP contribution in [0, 0.1) is 6.92 Å². The van der Waals surface area contributed by atoms with Gasteiger partial charge < -0.3 is 4.90 Å². The molecule has 0 amide bonds. The van der Waals surface area contributed by atoms with E-state index in [1.165, 1.54) is 22.4 Å². The third-order valence-electron chi connectivity index (χ3n) is 4.53. The number of aryl methyl sites for hydroxylation is 1. The van der Waals surface area contributed by atoms with Crippen LogP contribution >= 0.6 is 11.3 Å². The molecule has 3 aromatic rings. The molecule has 0 fully saturated rings. The largest absolute Gasteiger partial charge is 0.362 e. The lowest BCUT2D eigenvalue weighted by Crippen LogP contribution is -2.28. The predicted octanol–water partition coefficient (Wildman–Crippen LogP) is 5.07. The SMILES string of the molecule is Cc1ccc(-c2nc(CN3c4ccccc4CC3C)cs2)cc1. The maximum absolute atomic E-state index is 4.86. The molecule has 1 aliphatic heterocycles. The zero-order valence-electron chi connectivity index (χ0n) is 13.5. The Morgan fingerprint density at radius 1 is 1.13 bits per heavy atom. The van der Waals surface area contributed by atoms with Crippen molar-refractivity contribution < 1.29 is 0 Å². The molecule has 0 spiro atoms. The average molecular weight is 320 g/mol. The van der Waals surface area contributed by atoms with Gasteiger partial charge >= 0.3 is 0 Å². The first-order valence-electron chi connectivity index (χ1n) is 8.07. The van der Waals surface area contributed by atoms with Gasteiger partial charge in [-0.1, -0.05) is 48.0 Å². The summed E-state index contributed by atoms with van der Waals surface area (Å²) in [5, 5.41) is 3.31. The van der Waals surface area contributed by atoms with Crippen molar-refractivity contribution in [3.63, 3.8) is 0 Å². The molecule has 0 aliphatic carbocycles. The van der Waals surface area contributed by atoms with Crippen molar-refractivity contribution in [3.05, 3.63) is 70.7 Å². The molecule has 2 nitrogen and oxygen atoms in total. The first-order valence-corrected chi connectivity index (χ1v) is 8.94. The second-order valence-corrected chi connectivity index (χ2v) is 7.18. The highest BCUT2D eigenvalue weighted by atomic mass is 32.1. The lowest BCUT2D eigenvalue weighted by atomic mass is 10.1. The van der Waals surface area contributed by atoms with E-state index in [-0.39, 0.29) is 0 Å². The van der Waals surface area contributed by atoms with Crippen molar-refractivity contribution >= 4 is 17.0 Å². The van der Waals surface area contributed by atoms with Gasteiger partial charge in [0.2, 0.25) is 0 Å². The molecule has 1 aromatic heterocycles. The van der Waals surface area contributed by atoms with Gasteiger partial charge in [-0.25, -0.2) is 4.98 Å². The number of rotatable bonds is 3. The molecule has 4 rings (SSSR count). The fourth-order valence-corrected chi connectivity index (χ4v) is 4.07. The van der Waals surface area contributed by atoms with Gasteiger partial charge in [0.15, 0.2) is 0 Å². The molecule has 1 unspecified atom stereocenters. The highest BCUT2D eigenvalue weighted by molar-refractivity contribution is 7.13. The van der Waals surface area contributed by atoms with Crippen LogP contribution in [0.3, 0.4) is 0 Å². The van der Waals surface area contributed by atoms with E-state index in [0.717, 1.165) is 23.7 Å². The number of nitrogens with zero attached hydrogens (tertiary/aromatic N) is 2.